The molecule has 3 aromatic carbocycles. The van der Waals surface area contributed by atoms with Gasteiger partial charge < -0.3 is 9.80 Å². The highest BCUT2D eigenvalue weighted by atomic mass is 16.1. The van der Waals surface area contributed by atoms with Gasteiger partial charge in [0.25, 0.3) is 0 Å². The van der Waals surface area contributed by atoms with Gasteiger partial charge in [-0.15, -0.1) is 0 Å². The van der Waals surface area contributed by atoms with Crippen LogP contribution in [-0.4, -0.2) is 32.0 Å². The topological polar surface area (TPSA) is 23.6 Å². The molecule has 3 heteroatoms. The monoisotopic (exact) mass is 416 g/mol. The largest absolute Gasteiger partial charge is 0.372 e. The minimum Gasteiger partial charge on any atom is -0.372 e. The molecule has 0 saturated heterocycles. The number of hydrogen-bond acceptors (Lipinski definition) is 3. The van der Waals surface area contributed by atoms with Crippen molar-refractivity contribution >= 4 is 17.2 Å². The van der Waals surface area contributed by atoms with Crippen molar-refractivity contribution < 1.29 is 4.79 Å². The summed E-state index contributed by atoms with van der Waals surface area (Å²) in [6.07, 6.45) is 0. The van der Waals surface area contributed by atoms with Gasteiger partial charge >= 0.3 is 0 Å². The van der Waals surface area contributed by atoms with E-state index in [1.165, 1.54) is 5.56 Å². The Bertz CT molecular complexity index is 837. The highest BCUT2D eigenvalue weighted by molar-refractivity contribution is 6.09. The summed E-state index contributed by atoms with van der Waals surface area (Å²) in [7, 11) is 0. The zero-order valence-electron chi connectivity index (χ0n) is 19.6. The molecule has 0 saturated carbocycles. The quantitative estimate of drug-likeness (QED) is 0.386. The van der Waals surface area contributed by atoms with Crippen molar-refractivity contribution in [2.45, 2.75) is 34.6 Å². The van der Waals surface area contributed by atoms with Gasteiger partial charge in [0, 0.05) is 48.7 Å². The first-order chi connectivity index (χ1) is 15.0. The summed E-state index contributed by atoms with van der Waals surface area (Å²) < 4.78 is 0. The molecule has 0 radical (unpaired) electrons. The summed E-state index contributed by atoms with van der Waals surface area (Å²) in [5, 5.41) is 0. The first-order valence-electron chi connectivity index (χ1n) is 11.3. The van der Waals surface area contributed by atoms with Gasteiger partial charge in [-0.3, -0.25) is 4.79 Å². The van der Waals surface area contributed by atoms with Gasteiger partial charge in [0.2, 0.25) is 0 Å². The molecule has 3 rings (SSSR count). The molecular formula is C28H36N2O. The number of carbonyl (C=O) groups is 1. The van der Waals surface area contributed by atoms with Crippen molar-refractivity contribution in [3.63, 3.8) is 0 Å². The second-order valence-corrected chi connectivity index (χ2v) is 7.42. The minimum atomic E-state index is 0.0761. The predicted molar refractivity (Wildman–Crippen MR) is 135 cm³/mol. The highest BCUT2D eigenvalue weighted by Crippen LogP contribution is 2.20. The summed E-state index contributed by atoms with van der Waals surface area (Å²) in [6.45, 7) is 14.5. The first-order valence-corrected chi connectivity index (χ1v) is 11.3. The summed E-state index contributed by atoms with van der Waals surface area (Å²) in [5.41, 5.74) is 5.12. The SMILES string of the molecule is CCN(CC)c1ccc(C(=O)c2ccc(N(CC)CC)cc2)cc1.Cc1ccccc1. The Balaban J connectivity index is 0.000000412. The van der Waals surface area contributed by atoms with E-state index in [0.29, 0.717) is 0 Å². The van der Waals surface area contributed by atoms with E-state index in [4.69, 9.17) is 0 Å². The molecule has 0 heterocycles. The number of hydrogen-bond donors (Lipinski definition) is 0. The van der Waals surface area contributed by atoms with E-state index < -0.39 is 0 Å². The molecule has 3 nitrogen and oxygen atoms in total. The van der Waals surface area contributed by atoms with Gasteiger partial charge in [-0.25, -0.2) is 0 Å². The number of benzene rings is 3. The van der Waals surface area contributed by atoms with Crippen LogP contribution in [0.3, 0.4) is 0 Å². The maximum absolute atomic E-state index is 12.7. The Hall–Kier alpha value is -3.07. The van der Waals surface area contributed by atoms with Crippen LogP contribution in [0.15, 0.2) is 78.9 Å². The van der Waals surface area contributed by atoms with Crippen molar-refractivity contribution in [2.24, 2.45) is 0 Å². The average Bonchev–Trinajstić information content (AvgIpc) is 2.82. The molecule has 0 aliphatic rings. The second kappa shape index (κ2) is 12.6. The van der Waals surface area contributed by atoms with Gasteiger partial charge in [-0.1, -0.05) is 35.9 Å². The van der Waals surface area contributed by atoms with E-state index in [1.54, 1.807) is 0 Å². The molecule has 0 N–H and O–H groups in total. The number of anilines is 2. The fraction of sp³-hybridized carbons (Fsp3) is 0.321. The lowest BCUT2D eigenvalue weighted by molar-refractivity contribution is 0.103. The Kier molecular flexibility index (Phi) is 9.83. The van der Waals surface area contributed by atoms with Crippen LogP contribution in [0.4, 0.5) is 11.4 Å². The van der Waals surface area contributed by atoms with Gasteiger partial charge in [-0.2, -0.15) is 0 Å². The molecule has 0 bridgehead atoms. The molecular weight excluding hydrogens is 380 g/mol. The Morgan fingerprint density at radius 3 is 1.19 bits per heavy atom. The fourth-order valence-electron chi connectivity index (χ4n) is 3.53. The lowest BCUT2D eigenvalue weighted by Crippen LogP contribution is -2.22. The van der Waals surface area contributed by atoms with Crippen LogP contribution in [0.2, 0.25) is 0 Å². The van der Waals surface area contributed by atoms with Gasteiger partial charge in [0.1, 0.15) is 0 Å². The van der Waals surface area contributed by atoms with E-state index in [2.05, 4.69) is 56.6 Å². The second-order valence-electron chi connectivity index (χ2n) is 7.42. The van der Waals surface area contributed by atoms with Crippen molar-refractivity contribution in [3.8, 4) is 0 Å². The van der Waals surface area contributed by atoms with E-state index >= 15 is 0 Å². The van der Waals surface area contributed by atoms with Crippen LogP contribution in [0.1, 0.15) is 49.2 Å². The summed E-state index contributed by atoms with van der Waals surface area (Å²) in [4.78, 5) is 17.2. The number of ketones is 1. The summed E-state index contributed by atoms with van der Waals surface area (Å²) in [6, 6.07) is 26.1. The molecule has 0 amide bonds. The van der Waals surface area contributed by atoms with Crippen LogP contribution < -0.4 is 9.80 Å². The number of nitrogens with zero attached hydrogens (tertiary/aromatic N) is 2. The van der Waals surface area contributed by atoms with Gasteiger partial charge in [-0.05, 0) is 83.1 Å². The zero-order chi connectivity index (χ0) is 22.6. The van der Waals surface area contributed by atoms with E-state index in [-0.39, 0.29) is 5.78 Å². The number of aryl methyl sites for hydroxylation is 1. The van der Waals surface area contributed by atoms with Crippen LogP contribution >= 0.6 is 0 Å². The maximum Gasteiger partial charge on any atom is 0.193 e. The number of carbonyl (C=O) groups excluding carboxylic acids is 1. The van der Waals surface area contributed by atoms with Crippen molar-refractivity contribution in [3.05, 3.63) is 95.6 Å². The lowest BCUT2D eigenvalue weighted by Gasteiger charge is -2.21. The molecule has 0 aliphatic heterocycles. The number of rotatable bonds is 8. The molecule has 0 fully saturated rings. The molecule has 0 atom stereocenters. The summed E-state index contributed by atoms with van der Waals surface area (Å²) >= 11 is 0. The molecule has 0 unspecified atom stereocenters. The Morgan fingerprint density at radius 2 is 0.935 bits per heavy atom. The third-order valence-corrected chi connectivity index (χ3v) is 5.46. The Labute approximate surface area is 188 Å². The van der Waals surface area contributed by atoms with Gasteiger partial charge in [0.05, 0.1) is 0 Å². The standard InChI is InChI=1S/C21H28N2O.C7H8/c1-5-22(6-2)19-13-9-17(10-14-19)21(24)18-11-15-20(16-12-18)23(7-3)8-4;1-7-5-3-2-4-6-7/h9-16H,5-8H2,1-4H3;2-6H,1H3. The van der Waals surface area contributed by atoms with Crippen LogP contribution in [0, 0.1) is 6.92 Å². The smallest absolute Gasteiger partial charge is 0.193 e. The molecule has 0 aliphatic carbocycles. The first kappa shape index (κ1) is 24.2. The molecule has 3 aromatic rings. The van der Waals surface area contributed by atoms with E-state index in [1.807, 2.05) is 66.7 Å². The maximum atomic E-state index is 12.7. The van der Waals surface area contributed by atoms with Crippen molar-refractivity contribution in [2.75, 3.05) is 36.0 Å². The molecule has 31 heavy (non-hydrogen) atoms. The minimum absolute atomic E-state index is 0.0761. The molecule has 0 spiro atoms. The third kappa shape index (κ3) is 6.99. The third-order valence-electron chi connectivity index (χ3n) is 5.46. The average molecular weight is 417 g/mol. The summed E-state index contributed by atoms with van der Waals surface area (Å²) in [5.74, 6) is 0.0761. The van der Waals surface area contributed by atoms with Gasteiger partial charge in [0.15, 0.2) is 5.78 Å². The Morgan fingerprint density at radius 1 is 0.581 bits per heavy atom. The highest BCUT2D eigenvalue weighted by Gasteiger charge is 2.11. The molecule has 0 aromatic heterocycles. The lowest BCUT2D eigenvalue weighted by atomic mass is 10.0. The van der Waals surface area contributed by atoms with E-state index in [0.717, 1.165) is 48.7 Å². The van der Waals surface area contributed by atoms with Crippen LogP contribution in [0.5, 0.6) is 0 Å². The van der Waals surface area contributed by atoms with Crippen LogP contribution in [0.25, 0.3) is 0 Å². The zero-order valence-corrected chi connectivity index (χ0v) is 19.6. The normalized spacial score (nSPS) is 10.1. The van der Waals surface area contributed by atoms with Crippen LogP contribution in [-0.2, 0) is 0 Å². The van der Waals surface area contributed by atoms with E-state index in [9.17, 15) is 4.79 Å². The molecule has 164 valence electrons. The van der Waals surface area contributed by atoms with Crippen molar-refractivity contribution in [1.82, 2.24) is 0 Å². The fourth-order valence-corrected chi connectivity index (χ4v) is 3.53. The predicted octanol–water partition coefficient (Wildman–Crippen LogP) is 6.61. The van der Waals surface area contributed by atoms with Crippen molar-refractivity contribution in [1.29, 1.82) is 0 Å².